The molecule has 0 spiro atoms. The molecule has 20 heavy (non-hydrogen) atoms. The van der Waals surface area contributed by atoms with Crippen molar-refractivity contribution in [2.45, 2.75) is 12.8 Å². The van der Waals surface area contributed by atoms with E-state index in [0.717, 1.165) is 29.9 Å². The molecule has 0 amide bonds. The number of nitrogens with two attached hydrogens (primary N) is 1. The Morgan fingerprint density at radius 1 is 1.20 bits per heavy atom. The minimum Gasteiger partial charge on any atom is -1.00 e. The van der Waals surface area contributed by atoms with Crippen molar-refractivity contribution in [3.05, 3.63) is 23.3 Å². The summed E-state index contributed by atoms with van der Waals surface area (Å²) in [5.41, 5.74) is 8.37. The molecule has 2 N–H and O–H groups in total. The Morgan fingerprint density at radius 2 is 1.80 bits per heavy atom. The molecule has 112 valence electrons. The number of aryl methyl sites for hydroxylation is 1. The van der Waals surface area contributed by atoms with Crippen LogP contribution in [0.1, 0.15) is 17.5 Å². The smallest absolute Gasteiger partial charge is 1.00 e. The summed E-state index contributed by atoms with van der Waals surface area (Å²) in [6, 6.07) is 3.88. The Hall–Kier alpha value is -0.842. The molecule has 0 heterocycles. The molecule has 0 atom stereocenters. The van der Waals surface area contributed by atoms with Crippen LogP contribution >= 0.6 is 0 Å². The van der Waals surface area contributed by atoms with E-state index in [0.29, 0.717) is 5.75 Å². The molecule has 8 heteroatoms. The van der Waals surface area contributed by atoms with E-state index in [2.05, 4.69) is 22.8 Å². The normalized spacial score (nSPS) is 15.1. The Balaban J connectivity index is 0.00000180. The second-order valence-corrected chi connectivity index (χ2v) is 4.27. The molecule has 2 rings (SSSR count). The van der Waals surface area contributed by atoms with E-state index in [1.54, 1.807) is 14.2 Å². The largest absolute Gasteiger partial charge is 2.00 e. The zero-order valence-electron chi connectivity index (χ0n) is 11.0. The first-order chi connectivity index (χ1) is 8.65. The van der Waals surface area contributed by atoms with E-state index in [-0.39, 0.29) is 38.6 Å². The molecule has 1 aliphatic carbocycles. The number of hydrogen-bond acceptors (Lipinski definition) is 5. The predicted molar refractivity (Wildman–Crippen MR) is 73.4 cm³/mol. The van der Waals surface area contributed by atoms with E-state index < -0.39 is 0 Å². The van der Waals surface area contributed by atoms with Crippen molar-refractivity contribution in [2.75, 3.05) is 14.2 Å². The first kappa shape index (κ1) is 19.2. The van der Waals surface area contributed by atoms with Gasteiger partial charge < -0.3 is 40.2 Å². The fourth-order valence-electron chi connectivity index (χ4n) is 2.00. The van der Waals surface area contributed by atoms with Crippen molar-refractivity contribution in [3.8, 4) is 11.5 Å². The molecule has 0 aliphatic heterocycles. The molecule has 0 unspecified atom stereocenters. The van der Waals surface area contributed by atoms with Gasteiger partial charge in [-0.1, -0.05) is 0 Å². The Labute approximate surface area is 144 Å². The van der Waals surface area contributed by atoms with Crippen LogP contribution in [-0.4, -0.2) is 25.1 Å². The molecule has 0 fully saturated rings. The molecule has 0 saturated carbocycles. The number of hydrogen-bond donors (Lipinski definition) is 1. The van der Waals surface area contributed by atoms with E-state index >= 15 is 0 Å². The minimum absolute atomic E-state index is 0. The van der Waals surface area contributed by atoms with Gasteiger partial charge in [0.15, 0.2) is 11.5 Å². The Kier molecular flexibility index (Phi) is 8.09. The number of methoxy groups -OCH3 is 2. The summed E-state index contributed by atoms with van der Waals surface area (Å²) in [6.45, 7) is 0. The van der Waals surface area contributed by atoms with Gasteiger partial charge >= 0.3 is 21.1 Å². The van der Waals surface area contributed by atoms with Gasteiger partial charge in [0.1, 0.15) is 0 Å². The third kappa shape index (κ3) is 4.07. The first-order valence-electron chi connectivity index (χ1n) is 5.48. The maximum Gasteiger partial charge on any atom is 2.00 e. The molecule has 0 aromatic heterocycles. The summed E-state index contributed by atoms with van der Waals surface area (Å²) in [5, 5.41) is 7.84. The fraction of sp³-hybridized carbons (Fsp3) is 0.333. The van der Waals surface area contributed by atoms with Gasteiger partial charge in [-0.3, -0.25) is 0 Å². The minimum atomic E-state index is 0. The van der Waals surface area contributed by atoms with Gasteiger partial charge in [-0.2, -0.15) is 10.2 Å². The molecule has 0 saturated heterocycles. The summed E-state index contributed by atoms with van der Waals surface area (Å²) in [5.74, 6) is 1.41. The van der Waals surface area contributed by atoms with Crippen LogP contribution in [0, 0.1) is 0 Å². The van der Waals surface area contributed by atoms with Crippen molar-refractivity contribution in [3.63, 3.8) is 0 Å². The maximum atomic E-state index is 5.31. The van der Waals surface area contributed by atoms with Crippen LogP contribution in [0.5, 0.6) is 11.5 Å². The standard InChI is InChI=1S/C12H15N3O2S.ClH.Pt/c1-16-10-5-7-3-4-9(14-15-12(13)18)8(7)6-11(10)17-2;;/h5-6H,3-4H2,1-2H3,(H3,13,15,18);1H;/q;;+2/p-2/b14-9-;;. The zero-order valence-corrected chi connectivity index (χ0v) is 14.8. The maximum absolute atomic E-state index is 5.31. The van der Waals surface area contributed by atoms with Gasteiger partial charge in [-0.25, -0.2) is 0 Å². The number of rotatable bonds is 3. The molecule has 1 aromatic rings. The Morgan fingerprint density at radius 3 is 2.35 bits per heavy atom. The summed E-state index contributed by atoms with van der Waals surface area (Å²) < 4.78 is 10.5. The molecular formula is C12H14ClN3O2PtS. The second-order valence-electron chi connectivity index (χ2n) is 3.85. The number of nitrogens with zero attached hydrogens (tertiary/aromatic N) is 2. The zero-order chi connectivity index (χ0) is 13.1. The van der Waals surface area contributed by atoms with Gasteiger partial charge in [0, 0.05) is 5.56 Å². The topological polar surface area (TPSA) is 69.2 Å². The van der Waals surface area contributed by atoms with Gasteiger partial charge in [0.25, 0.3) is 0 Å². The van der Waals surface area contributed by atoms with Crippen LogP contribution in [0.2, 0.25) is 0 Å². The second kappa shape index (κ2) is 8.45. The van der Waals surface area contributed by atoms with Crippen LogP contribution in [0.15, 0.2) is 22.3 Å². The van der Waals surface area contributed by atoms with E-state index in [9.17, 15) is 0 Å². The van der Waals surface area contributed by atoms with Crippen molar-refractivity contribution < 1.29 is 42.9 Å². The molecule has 0 bridgehead atoms. The molecular weight excluding hydrogens is 481 g/mol. The van der Waals surface area contributed by atoms with Crippen molar-refractivity contribution in [2.24, 2.45) is 15.9 Å². The number of amidine groups is 1. The third-order valence-electron chi connectivity index (χ3n) is 2.82. The van der Waals surface area contributed by atoms with E-state index in [1.165, 1.54) is 5.56 Å². The van der Waals surface area contributed by atoms with E-state index in [4.69, 9.17) is 15.2 Å². The summed E-state index contributed by atoms with van der Waals surface area (Å²) in [6.07, 6.45) is 1.72. The van der Waals surface area contributed by atoms with Crippen molar-refractivity contribution in [1.29, 1.82) is 0 Å². The number of halogens is 1. The molecule has 5 nitrogen and oxygen atoms in total. The Bertz CT molecular complexity index is 534. The number of benzene rings is 1. The predicted octanol–water partition coefficient (Wildman–Crippen LogP) is -1.78. The monoisotopic (exact) mass is 494 g/mol. The average Bonchev–Trinajstić information content (AvgIpc) is 2.76. The van der Waals surface area contributed by atoms with Gasteiger partial charge in [0.2, 0.25) is 0 Å². The SMILES string of the molecule is COc1cc2c(cc1OC)/C(=N\N=C(/N)[S-])CC2.[Cl-].[Pt+2]. The molecule has 1 aliphatic rings. The van der Waals surface area contributed by atoms with Crippen LogP contribution in [0.4, 0.5) is 0 Å². The molecule has 1 aromatic carbocycles. The third-order valence-corrected chi connectivity index (χ3v) is 2.90. The fourth-order valence-corrected chi connectivity index (χ4v) is 2.04. The van der Waals surface area contributed by atoms with Crippen LogP contribution < -0.4 is 27.6 Å². The number of fused-ring (bicyclic) bond motifs is 1. The first-order valence-corrected chi connectivity index (χ1v) is 5.88. The van der Waals surface area contributed by atoms with Crippen LogP contribution in [0.25, 0.3) is 0 Å². The van der Waals surface area contributed by atoms with Crippen molar-refractivity contribution >= 4 is 23.5 Å². The summed E-state index contributed by atoms with van der Waals surface area (Å²) in [7, 11) is 3.23. The van der Waals surface area contributed by atoms with Crippen LogP contribution in [0.3, 0.4) is 0 Å². The van der Waals surface area contributed by atoms with Gasteiger partial charge in [-0.05, 0) is 35.7 Å². The molecule has 0 radical (unpaired) electrons. The summed E-state index contributed by atoms with van der Waals surface area (Å²) >= 11 is 4.68. The van der Waals surface area contributed by atoms with Gasteiger partial charge in [-0.15, -0.1) is 0 Å². The van der Waals surface area contributed by atoms with Crippen LogP contribution in [-0.2, 0) is 40.1 Å². The van der Waals surface area contributed by atoms with Crippen molar-refractivity contribution in [1.82, 2.24) is 0 Å². The van der Waals surface area contributed by atoms with Gasteiger partial charge in [0.05, 0.1) is 19.9 Å². The quantitative estimate of drug-likeness (QED) is 0.233. The van der Waals surface area contributed by atoms with E-state index in [1.807, 2.05) is 12.1 Å². The summed E-state index contributed by atoms with van der Waals surface area (Å²) in [4.78, 5) is 0. The number of ether oxygens (including phenoxy) is 2. The average molecular weight is 495 g/mol.